The van der Waals surface area contributed by atoms with Crippen molar-refractivity contribution in [3.63, 3.8) is 0 Å². The first kappa shape index (κ1) is 34.0. The summed E-state index contributed by atoms with van der Waals surface area (Å²) in [6.45, 7) is 6.84. The number of fused-ring (bicyclic) bond motifs is 7. The standard InChI is InChI=1S/C37H49N5O6S/c1-23-18-41(19-24(2)48-23)36(44)37-21-40(5)20-31(37)30-17-27(47-6)13-15-28(30)34-33(25-10-8-7-9-11-25)29-14-12-26(16-32(29)42(34)22-37)35(43)38-49(45,46)39(3)4/h12-17,23-25,31H,7-11,18-22H2,1-6H3,(H,38,43)/t23-,24+,31?,37?. The van der Waals surface area contributed by atoms with Crippen molar-refractivity contribution in [2.24, 2.45) is 5.41 Å². The number of hydrogen-bond acceptors (Lipinski definition) is 7. The van der Waals surface area contributed by atoms with Gasteiger partial charge in [0.1, 0.15) is 5.75 Å². The average molecular weight is 692 g/mol. The second-order valence-corrected chi connectivity index (χ2v) is 16.8. The van der Waals surface area contributed by atoms with E-state index < -0.39 is 21.5 Å². The number of amides is 2. The van der Waals surface area contributed by atoms with Crippen LogP contribution in [0, 0.1) is 5.41 Å². The minimum absolute atomic E-state index is 0.0692. The second kappa shape index (κ2) is 12.7. The second-order valence-electron chi connectivity index (χ2n) is 15.0. The smallest absolute Gasteiger partial charge is 0.303 e. The Morgan fingerprint density at radius 2 is 1.69 bits per heavy atom. The summed E-state index contributed by atoms with van der Waals surface area (Å²) >= 11 is 0. The van der Waals surface area contributed by atoms with Gasteiger partial charge in [-0.2, -0.15) is 12.7 Å². The minimum Gasteiger partial charge on any atom is -0.497 e. The third kappa shape index (κ3) is 5.84. The number of ether oxygens (including phenoxy) is 2. The monoisotopic (exact) mass is 691 g/mol. The highest BCUT2D eigenvalue weighted by Gasteiger charge is 2.56. The summed E-state index contributed by atoms with van der Waals surface area (Å²) in [7, 11) is 2.55. The predicted octanol–water partition coefficient (Wildman–Crippen LogP) is 4.57. The maximum absolute atomic E-state index is 15.2. The summed E-state index contributed by atoms with van der Waals surface area (Å²) in [5.41, 5.74) is 4.87. The summed E-state index contributed by atoms with van der Waals surface area (Å²) < 4.78 is 42.6. The predicted molar refractivity (Wildman–Crippen MR) is 189 cm³/mol. The number of nitrogens with zero attached hydrogens (tertiary/aromatic N) is 4. The fourth-order valence-corrected chi connectivity index (χ4v) is 9.67. The molecule has 2 unspecified atom stereocenters. The van der Waals surface area contributed by atoms with E-state index in [1.165, 1.54) is 26.1 Å². The van der Waals surface area contributed by atoms with Crippen molar-refractivity contribution >= 4 is 32.9 Å². The minimum atomic E-state index is -3.99. The van der Waals surface area contributed by atoms with E-state index in [1.54, 1.807) is 13.2 Å². The molecule has 1 N–H and O–H groups in total. The molecule has 2 amide bonds. The molecule has 11 nitrogen and oxygen atoms in total. The lowest BCUT2D eigenvalue weighted by atomic mass is 9.72. The molecule has 4 heterocycles. The number of likely N-dealkylation sites (tertiary alicyclic amines) is 1. The van der Waals surface area contributed by atoms with Gasteiger partial charge in [0.05, 0.1) is 30.4 Å². The number of aromatic nitrogens is 1. The SMILES string of the molecule is COc1ccc2c(c1)C1CN(C)CC1(C(=O)N1C[C@@H](C)O[C@@H](C)C1)Cn1c-2c(C2CCCCC2)c2ccc(C(=O)NS(=O)(=O)N(C)C)cc21. The lowest BCUT2D eigenvalue weighted by Gasteiger charge is -2.42. The molecule has 2 aromatic carbocycles. The van der Waals surface area contributed by atoms with Gasteiger partial charge in [0.2, 0.25) is 5.91 Å². The van der Waals surface area contributed by atoms with E-state index in [0.29, 0.717) is 32.1 Å². The summed E-state index contributed by atoms with van der Waals surface area (Å²) in [6, 6.07) is 11.8. The Kier molecular flexibility index (Phi) is 8.82. The summed E-state index contributed by atoms with van der Waals surface area (Å²) in [4.78, 5) is 33.0. The number of morpholine rings is 1. The van der Waals surface area contributed by atoms with Crippen molar-refractivity contribution in [3.05, 3.63) is 53.1 Å². The average Bonchev–Trinajstić information content (AvgIpc) is 3.54. The lowest BCUT2D eigenvalue weighted by molar-refractivity contribution is -0.154. The molecule has 1 aliphatic carbocycles. The first-order valence-corrected chi connectivity index (χ1v) is 19.0. The van der Waals surface area contributed by atoms with Crippen molar-refractivity contribution in [3.8, 4) is 17.0 Å². The van der Waals surface area contributed by atoms with Crippen LogP contribution in [-0.2, 0) is 26.3 Å². The Morgan fingerprint density at radius 1 is 0.980 bits per heavy atom. The van der Waals surface area contributed by atoms with Gasteiger partial charge in [-0.05, 0) is 81.1 Å². The number of methoxy groups -OCH3 is 1. The third-order valence-corrected chi connectivity index (χ3v) is 12.7. The number of likely N-dealkylation sites (N-methyl/N-ethyl adjacent to an activating group) is 1. The molecule has 3 fully saturated rings. The Bertz CT molecular complexity index is 1890. The number of rotatable bonds is 6. The number of carbonyl (C=O) groups is 2. The molecule has 1 saturated carbocycles. The van der Waals surface area contributed by atoms with Crippen molar-refractivity contribution in [2.75, 3.05) is 54.4 Å². The zero-order valence-corrected chi connectivity index (χ0v) is 30.3. The molecule has 7 rings (SSSR count). The highest BCUT2D eigenvalue weighted by atomic mass is 32.2. The van der Waals surface area contributed by atoms with E-state index >= 15 is 4.79 Å². The molecule has 1 aromatic heterocycles. The first-order valence-electron chi connectivity index (χ1n) is 17.6. The van der Waals surface area contributed by atoms with Crippen LogP contribution in [0.3, 0.4) is 0 Å². The van der Waals surface area contributed by atoms with Crippen LogP contribution in [0.1, 0.15) is 79.3 Å². The molecular formula is C37H49N5O6S. The van der Waals surface area contributed by atoms with E-state index in [4.69, 9.17) is 9.47 Å². The molecule has 4 atom stereocenters. The molecular weight excluding hydrogens is 643 g/mol. The van der Waals surface area contributed by atoms with Crippen LogP contribution < -0.4 is 9.46 Å². The molecule has 49 heavy (non-hydrogen) atoms. The number of carbonyl (C=O) groups excluding carboxylic acids is 2. The van der Waals surface area contributed by atoms with Crippen molar-refractivity contribution in [1.29, 1.82) is 0 Å². The van der Waals surface area contributed by atoms with Gasteiger partial charge in [0, 0.05) is 74.8 Å². The van der Waals surface area contributed by atoms with Crippen LogP contribution in [0.2, 0.25) is 0 Å². The van der Waals surface area contributed by atoms with Crippen molar-refractivity contribution in [1.82, 2.24) is 23.4 Å². The quantitative estimate of drug-likeness (QED) is 0.403. The molecule has 3 aromatic rings. The molecule has 0 spiro atoms. The third-order valence-electron chi connectivity index (χ3n) is 11.3. The van der Waals surface area contributed by atoms with Gasteiger partial charge in [-0.15, -0.1) is 0 Å². The van der Waals surface area contributed by atoms with Gasteiger partial charge in [0.25, 0.3) is 5.91 Å². The number of nitrogens with one attached hydrogen (secondary N) is 1. The first-order chi connectivity index (χ1) is 23.3. The Morgan fingerprint density at radius 3 is 2.37 bits per heavy atom. The number of benzene rings is 2. The van der Waals surface area contributed by atoms with E-state index in [0.717, 1.165) is 70.0 Å². The normalized spacial score (nSPS) is 26.3. The molecule has 264 valence electrons. The van der Waals surface area contributed by atoms with Crippen molar-refractivity contribution in [2.45, 2.75) is 76.5 Å². The fourth-order valence-electron chi connectivity index (χ4n) is 9.14. The molecule has 2 saturated heterocycles. The van der Waals surface area contributed by atoms with Crippen LogP contribution in [0.5, 0.6) is 5.75 Å². The summed E-state index contributed by atoms with van der Waals surface area (Å²) in [6.07, 6.45) is 5.52. The molecule has 3 aliphatic heterocycles. The molecule has 0 bridgehead atoms. The fraction of sp³-hybridized carbons (Fsp3) is 0.568. The van der Waals surface area contributed by atoms with Gasteiger partial charge in [0.15, 0.2) is 0 Å². The highest BCUT2D eigenvalue weighted by Crippen LogP contribution is 2.55. The van der Waals surface area contributed by atoms with Crippen LogP contribution in [0.25, 0.3) is 22.2 Å². The topological polar surface area (TPSA) is 113 Å². The van der Waals surface area contributed by atoms with Crippen molar-refractivity contribution < 1.29 is 27.5 Å². The van der Waals surface area contributed by atoms with Gasteiger partial charge in [-0.3, -0.25) is 9.59 Å². The number of hydrogen-bond donors (Lipinski definition) is 1. The van der Waals surface area contributed by atoms with Gasteiger partial charge < -0.3 is 23.8 Å². The van der Waals surface area contributed by atoms with Gasteiger partial charge in [-0.1, -0.05) is 25.3 Å². The van der Waals surface area contributed by atoms with E-state index in [-0.39, 0.29) is 29.6 Å². The van der Waals surface area contributed by atoms with Crippen LogP contribution in [-0.4, -0.2) is 106 Å². The van der Waals surface area contributed by atoms with E-state index in [1.807, 2.05) is 36.9 Å². The Labute approximate surface area is 289 Å². The Balaban J connectivity index is 1.49. The highest BCUT2D eigenvalue weighted by molar-refractivity contribution is 7.87. The Hall–Kier alpha value is -3.45. The summed E-state index contributed by atoms with van der Waals surface area (Å²) in [5.74, 6) is 0.411. The van der Waals surface area contributed by atoms with Crippen LogP contribution in [0.4, 0.5) is 0 Å². The maximum Gasteiger partial charge on any atom is 0.303 e. The van der Waals surface area contributed by atoms with Crippen LogP contribution >= 0.6 is 0 Å². The van der Waals surface area contributed by atoms with Crippen LogP contribution in [0.15, 0.2) is 36.4 Å². The largest absolute Gasteiger partial charge is 0.497 e. The zero-order chi connectivity index (χ0) is 34.8. The zero-order valence-electron chi connectivity index (χ0n) is 29.5. The van der Waals surface area contributed by atoms with E-state index in [9.17, 15) is 13.2 Å². The summed E-state index contributed by atoms with van der Waals surface area (Å²) in [5, 5.41) is 1.05. The van der Waals surface area contributed by atoms with Gasteiger partial charge >= 0.3 is 10.2 Å². The maximum atomic E-state index is 15.2. The molecule has 0 radical (unpaired) electrons. The van der Waals surface area contributed by atoms with Gasteiger partial charge in [-0.25, -0.2) is 4.72 Å². The van der Waals surface area contributed by atoms with E-state index in [2.05, 4.69) is 33.4 Å². The lowest BCUT2D eigenvalue weighted by Crippen LogP contribution is -2.56. The molecule has 12 heteroatoms. The molecule has 4 aliphatic rings.